The van der Waals surface area contributed by atoms with Crippen molar-refractivity contribution < 1.29 is 9.50 Å². The quantitative estimate of drug-likeness (QED) is 0.853. The first-order valence-corrected chi connectivity index (χ1v) is 6.30. The zero-order valence-corrected chi connectivity index (χ0v) is 10.5. The van der Waals surface area contributed by atoms with Crippen molar-refractivity contribution in [3.05, 3.63) is 29.6 Å². The molecule has 1 N–H and O–H groups in total. The number of phenols is 1. The van der Waals surface area contributed by atoms with Gasteiger partial charge in [-0.05, 0) is 44.4 Å². The summed E-state index contributed by atoms with van der Waals surface area (Å²) in [6.45, 7) is 5.15. The van der Waals surface area contributed by atoms with Crippen LogP contribution in [0.15, 0.2) is 18.2 Å². The minimum absolute atomic E-state index is 0.0114. The van der Waals surface area contributed by atoms with Gasteiger partial charge in [-0.2, -0.15) is 0 Å². The van der Waals surface area contributed by atoms with E-state index in [-0.39, 0.29) is 11.6 Å². The molecule has 0 saturated carbocycles. The fourth-order valence-electron chi connectivity index (χ4n) is 2.72. The van der Waals surface area contributed by atoms with E-state index >= 15 is 0 Å². The van der Waals surface area contributed by atoms with E-state index in [0.29, 0.717) is 18.6 Å². The third-order valence-electron chi connectivity index (χ3n) is 3.68. The first-order chi connectivity index (χ1) is 8.06. The van der Waals surface area contributed by atoms with Crippen LogP contribution in [-0.2, 0) is 6.54 Å². The monoisotopic (exact) mass is 237 g/mol. The lowest BCUT2D eigenvalue weighted by Crippen LogP contribution is -2.42. The van der Waals surface area contributed by atoms with Gasteiger partial charge >= 0.3 is 0 Å². The molecule has 2 unspecified atom stereocenters. The summed E-state index contributed by atoms with van der Waals surface area (Å²) in [6, 6.07) is 5.37. The molecule has 1 aromatic rings. The zero-order chi connectivity index (χ0) is 12.4. The first-order valence-electron chi connectivity index (χ1n) is 6.30. The molecule has 2 atom stereocenters. The molecule has 1 fully saturated rings. The number of benzene rings is 1. The maximum atomic E-state index is 13.2. The van der Waals surface area contributed by atoms with Crippen molar-refractivity contribution in [1.82, 2.24) is 4.90 Å². The van der Waals surface area contributed by atoms with Gasteiger partial charge in [0.2, 0.25) is 0 Å². The third-order valence-corrected chi connectivity index (χ3v) is 3.68. The Bertz CT molecular complexity index is 364. The van der Waals surface area contributed by atoms with Crippen LogP contribution in [0, 0.1) is 5.82 Å². The van der Waals surface area contributed by atoms with Gasteiger partial charge in [-0.1, -0.05) is 6.42 Å². The first kappa shape index (κ1) is 12.4. The summed E-state index contributed by atoms with van der Waals surface area (Å²) < 4.78 is 13.2. The average molecular weight is 237 g/mol. The maximum absolute atomic E-state index is 13.2. The molecule has 1 heterocycles. The lowest BCUT2D eigenvalue weighted by molar-refractivity contribution is 0.0951. The molecule has 0 aromatic heterocycles. The van der Waals surface area contributed by atoms with E-state index in [1.54, 1.807) is 6.07 Å². The summed E-state index contributed by atoms with van der Waals surface area (Å²) in [4.78, 5) is 2.39. The van der Waals surface area contributed by atoms with Crippen molar-refractivity contribution in [2.45, 2.75) is 51.7 Å². The van der Waals surface area contributed by atoms with Crippen LogP contribution < -0.4 is 0 Å². The van der Waals surface area contributed by atoms with E-state index in [9.17, 15) is 9.50 Å². The van der Waals surface area contributed by atoms with E-state index < -0.39 is 0 Å². The predicted octanol–water partition coefficient (Wildman–Crippen LogP) is 3.29. The predicted molar refractivity (Wildman–Crippen MR) is 66.4 cm³/mol. The molecule has 2 nitrogen and oxygen atoms in total. The lowest BCUT2D eigenvalue weighted by atomic mass is 9.97. The van der Waals surface area contributed by atoms with Crippen molar-refractivity contribution in [1.29, 1.82) is 0 Å². The third kappa shape index (κ3) is 2.97. The van der Waals surface area contributed by atoms with E-state index in [1.165, 1.54) is 25.3 Å². The van der Waals surface area contributed by atoms with E-state index in [4.69, 9.17) is 0 Å². The molecule has 17 heavy (non-hydrogen) atoms. The largest absolute Gasteiger partial charge is 0.508 e. The van der Waals surface area contributed by atoms with Crippen molar-refractivity contribution in [2.24, 2.45) is 0 Å². The Balaban J connectivity index is 2.13. The Morgan fingerprint density at radius 3 is 2.47 bits per heavy atom. The molecule has 0 spiro atoms. The molecule has 2 rings (SSSR count). The topological polar surface area (TPSA) is 23.5 Å². The number of halogens is 1. The highest BCUT2D eigenvalue weighted by atomic mass is 19.1. The highest BCUT2D eigenvalue weighted by Crippen LogP contribution is 2.25. The summed E-state index contributed by atoms with van der Waals surface area (Å²) in [5, 5.41) is 9.40. The van der Waals surface area contributed by atoms with Crippen molar-refractivity contribution in [2.75, 3.05) is 0 Å². The molecule has 1 saturated heterocycles. The minimum atomic E-state index is -0.364. The van der Waals surface area contributed by atoms with Gasteiger partial charge in [0, 0.05) is 24.7 Å². The van der Waals surface area contributed by atoms with Crippen LogP contribution in [-0.4, -0.2) is 22.1 Å². The Labute approximate surface area is 102 Å². The Morgan fingerprint density at radius 1 is 1.24 bits per heavy atom. The van der Waals surface area contributed by atoms with Crippen LogP contribution in [0.3, 0.4) is 0 Å². The van der Waals surface area contributed by atoms with Gasteiger partial charge in [-0.3, -0.25) is 4.90 Å². The number of likely N-dealkylation sites (tertiary alicyclic amines) is 1. The van der Waals surface area contributed by atoms with Crippen LogP contribution >= 0.6 is 0 Å². The summed E-state index contributed by atoms with van der Waals surface area (Å²) >= 11 is 0. The molecule has 0 amide bonds. The van der Waals surface area contributed by atoms with Crippen LogP contribution in [0.25, 0.3) is 0 Å². The van der Waals surface area contributed by atoms with E-state index in [0.717, 1.165) is 11.6 Å². The van der Waals surface area contributed by atoms with Crippen LogP contribution in [0.5, 0.6) is 5.75 Å². The molecule has 3 heteroatoms. The lowest BCUT2D eigenvalue weighted by Gasteiger charge is -2.39. The van der Waals surface area contributed by atoms with Gasteiger partial charge in [0.1, 0.15) is 11.6 Å². The van der Waals surface area contributed by atoms with Gasteiger partial charge in [0.15, 0.2) is 0 Å². The average Bonchev–Trinajstić information content (AvgIpc) is 2.22. The SMILES string of the molecule is CC1CCCC(C)N1Cc1cc(O)cc(F)c1. The number of hydrogen-bond acceptors (Lipinski definition) is 2. The molecular formula is C14H20FNO. The number of piperidine rings is 1. The van der Waals surface area contributed by atoms with Gasteiger partial charge in [-0.15, -0.1) is 0 Å². The van der Waals surface area contributed by atoms with Crippen LogP contribution in [0.4, 0.5) is 4.39 Å². The van der Waals surface area contributed by atoms with Gasteiger partial charge < -0.3 is 5.11 Å². The fraction of sp³-hybridized carbons (Fsp3) is 0.571. The Kier molecular flexibility index (Phi) is 3.67. The van der Waals surface area contributed by atoms with Crippen molar-refractivity contribution >= 4 is 0 Å². The van der Waals surface area contributed by atoms with Crippen molar-refractivity contribution in [3.8, 4) is 5.75 Å². The smallest absolute Gasteiger partial charge is 0.127 e. The van der Waals surface area contributed by atoms with E-state index in [2.05, 4.69) is 18.7 Å². The van der Waals surface area contributed by atoms with Crippen molar-refractivity contribution in [3.63, 3.8) is 0 Å². The Hall–Kier alpha value is -1.09. The molecule has 1 aliphatic heterocycles. The molecule has 0 radical (unpaired) electrons. The molecular weight excluding hydrogens is 217 g/mol. The van der Waals surface area contributed by atoms with Crippen LogP contribution in [0.2, 0.25) is 0 Å². The van der Waals surface area contributed by atoms with Gasteiger partial charge in [0.05, 0.1) is 0 Å². The Morgan fingerprint density at radius 2 is 1.88 bits per heavy atom. The summed E-state index contributed by atoms with van der Waals surface area (Å²) in [7, 11) is 0. The number of aromatic hydroxyl groups is 1. The highest BCUT2D eigenvalue weighted by Gasteiger charge is 2.24. The zero-order valence-electron chi connectivity index (χ0n) is 10.5. The summed E-state index contributed by atoms with van der Waals surface area (Å²) in [5.41, 5.74) is 0.850. The highest BCUT2D eigenvalue weighted by molar-refractivity contribution is 5.28. The number of phenolic OH excluding ortho intramolecular Hbond substituents is 1. The fourth-order valence-corrected chi connectivity index (χ4v) is 2.72. The molecule has 0 bridgehead atoms. The maximum Gasteiger partial charge on any atom is 0.127 e. The van der Waals surface area contributed by atoms with Gasteiger partial charge in [-0.25, -0.2) is 4.39 Å². The molecule has 1 aliphatic rings. The second kappa shape index (κ2) is 5.05. The molecule has 0 aliphatic carbocycles. The number of hydrogen-bond donors (Lipinski definition) is 1. The van der Waals surface area contributed by atoms with Gasteiger partial charge in [0.25, 0.3) is 0 Å². The summed E-state index contributed by atoms with van der Waals surface area (Å²) in [5.74, 6) is -0.352. The summed E-state index contributed by atoms with van der Waals surface area (Å²) in [6.07, 6.45) is 3.67. The van der Waals surface area contributed by atoms with Crippen LogP contribution in [0.1, 0.15) is 38.7 Å². The number of nitrogens with zero attached hydrogens (tertiary/aromatic N) is 1. The second-order valence-electron chi connectivity index (χ2n) is 5.12. The normalized spacial score (nSPS) is 26.1. The van der Waals surface area contributed by atoms with E-state index in [1.807, 2.05) is 0 Å². The minimum Gasteiger partial charge on any atom is -0.508 e. The second-order valence-corrected chi connectivity index (χ2v) is 5.12. The molecule has 1 aromatic carbocycles. The molecule has 94 valence electrons. The standard InChI is InChI=1S/C14H20FNO/c1-10-4-3-5-11(2)16(10)9-12-6-13(15)8-14(17)7-12/h6-8,10-11,17H,3-5,9H2,1-2H3. The number of rotatable bonds is 2.